The highest BCUT2D eigenvalue weighted by Crippen LogP contribution is 2.23. The van der Waals surface area contributed by atoms with Gasteiger partial charge in [-0.05, 0) is 43.2 Å². The van der Waals surface area contributed by atoms with Crippen molar-refractivity contribution in [2.24, 2.45) is 0 Å². The maximum atomic E-state index is 12.1. The SMILES string of the molecule is Cc1cccc(NC(=O)c2ccc3c(c2)NCC3)n1. The number of nitrogens with one attached hydrogen (secondary N) is 2. The van der Waals surface area contributed by atoms with Gasteiger partial charge in [-0.3, -0.25) is 4.79 Å². The summed E-state index contributed by atoms with van der Waals surface area (Å²) < 4.78 is 0. The van der Waals surface area contributed by atoms with Crippen molar-refractivity contribution in [1.82, 2.24) is 4.98 Å². The largest absolute Gasteiger partial charge is 0.384 e. The molecular weight excluding hydrogens is 238 g/mol. The fourth-order valence-corrected chi connectivity index (χ4v) is 2.23. The summed E-state index contributed by atoms with van der Waals surface area (Å²) in [4.78, 5) is 16.4. The molecule has 96 valence electrons. The third kappa shape index (κ3) is 2.42. The molecule has 1 aliphatic rings. The van der Waals surface area contributed by atoms with Crippen LogP contribution in [0.1, 0.15) is 21.6 Å². The number of rotatable bonds is 2. The van der Waals surface area contributed by atoms with Crippen LogP contribution in [0.4, 0.5) is 11.5 Å². The second-order valence-corrected chi connectivity index (χ2v) is 4.67. The second kappa shape index (κ2) is 4.72. The first kappa shape index (κ1) is 11.7. The molecule has 1 aliphatic heterocycles. The van der Waals surface area contributed by atoms with Gasteiger partial charge in [0.05, 0.1) is 0 Å². The molecule has 0 atom stereocenters. The smallest absolute Gasteiger partial charge is 0.256 e. The summed E-state index contributed by atoms with van der Waals surface area (Å²) in [6, 6.07) is 11.3. The van der Waals surface area contributed by atoms with E-state index >= 15 is 0 Å². The average Bonchev–Trinajstić information content (AvgIpc) is 2.85. The van der Waals surface area contributed by atoms with Crippen molar-refractivity contribution in [3.8, 4) is 0 Å². The van der Waals surface area contributed by atoms with Crippen molar-refractivity contribution in [2.75, 3.05) is 17.2 Å². The maximum Gasteiger partial charge on any atom is 0.256 e. The second-order valence-electron chi connectivity index (χ2n) is 4.67. The molecule has 2 N–H and O–H groups in total. The molecule has 0 spiro atoms. The number of hydrogen-bond donors (Lipinski definition) is 2. The summed E-state index contributed by atoms with van der Waals surface area (Å²) in [5.74, 6) is 0.452. The van der Waals surface area contributed by atoms with Gasteiger partial charge in [0.15, 0.2) is 0 Å². The minimum atomic E-state index is -0.130. The Balaban J connectivity index is 1.81. The van der Waals surface area contributed by atoms with Crippen LogP contribution in [0, 0.1) is 6.92 Å². The van der Waals surface area contributed by atoms with Gasteiger partial charge in [0.25, 0.3) is 5.91 Å². The molecule has 4 heteroatoms. The van der Waals surface area contributed by atoms with E-state index < -0.39 is 0 Å². The van der Waals surface area contributed by atoms with Crippen LogP contribution in [-0.2, 0) is 6.42 Å². The van der Waals surface area contributed by atoms with Gasteiger partial charge in [-0.15, -0.1) is 0 Å². The minimum Gasteiger partial charge on any atom is -0.384 e. The maximum absolute atomic E-state index is 12.1. The third-order valence-corrected chi connectivity index (χ3v) is 3.21. The monoisotopic (exact) mass is 253 g/mol. The van der Waals surface area contributed by atoms with Crippen molar-refractivity contribution in [3.05, 3.63) is 53.2 Å². The topological polar surface area (TPSA) is 54.0 Å². The molecule has 1 amide bonds. The third-order valence-electron chi connectivity index (χ3n) is 3.21. The van der Waals surface area contributed by atoms with E-state index in [0.29, 0.717) is 11.4 Å². The lowest BCUT2D eigenvalue weighted by Crippen LogP contribution is -2.13. The molecule has 1 aromatic carbocycles. The number of aromatic nitrogens is 1. The lowest BCUT2D eigenvalue weighted by Gasteiger charge is -2.07. The number of anilines is 2. The standard InChI is InChI=1S/C15H15N3O/c1-10-3-2-4-14(17-10)18-15(19)12-6-5-11-7-8-16-13(11)9-12/h2-6,9,16H,7-8H2,1H3,(H,17,18,19). The van der Waals surface area contributed by atoms with Crippen molar-refractivity contribution < 1.29 is 4.79 Å². The highest BCUT2D eigenvalue weighted by molar-refractivity contribution is 6.04. The number of amides is 1. The Hall–Kier alpha value is -2.36. The number of nitrogens with zero attached hydrogens (tertiary/aromatic N) is 1. The van der Waals surface area contributed by atoms with Crippen molar-refractivity contribution in [3.63, 3.8) is 0 Å². The Morgan fingerprint density at radius 2 is 2.21 bits per heavy atom. The van der Waals surface area contributed by atoms with Crippen molar-refractivity contribution in [2.45, 2.75) is 13.3 Å². The van der Waals surface area contributed by atoms with Crippen LogP contribution in [-0.4, -0.2) is 17.4 Å². The van der Waals surface area contributed by atoms with Crippen LogP contribution in [0.5, 0.6) is 0 Å². The Bertz CT molecular complexity index is 637. The first-order valence-corrected chi connectivity index (χ1v) is 6.34. The normalized spacial score (nSPS) is 12.7. The molecule has 0 unspecified atom stereocenters. The number of carbonyl (C=O) groups excluding carboxylic acids is 1. The molecule has 0 radical (unpaired) electrons. The van der Waals surface area contributed by atoms with Crippen LogP contribution in [0.15, 0.2) is 36.4 Å². The van der Waals surface area contributed by atoms with Gasteiger partial charge in [-0.25, -0.2) is 4.98 Å². The molecule has 0 saturated heterocycles. The molecular formula is C15H15N3O. The zero-order valence-electron chi connectivity index (χ0n) is 10.7. The highest BCUT2D eigenvalue weighted by Gasteiger charge is 2.13. The molecule has 0 fully saturated rings. The Morgan fingerprint density at radius 1 is 1.32 bits per heavy atom. The van der Waals surface area contributed by atoms with Gasteiger partial charge in [0.1, 0.15) is 5.82 Å². The quantitative estimate of drug-likeness (QED) is 0.865. The Labute approximate surface area is 111 Å². The summed E-state index contributed by atoms with van der Waals surface area (Å²) in [5.41, 5.74) is 3.86. The molecule has 1 aromatic heterocycles. The fourth-order valence-electron chi connectivity index (χ4n) is 2.23. The Morgan fingerprint density at radius 3 is 3.05 bits per heavy atom. The number of benzene rings is 1. The van der Waals surface area contributed by atoms with Crippen LogP contribution in [0.3, 0.4) is 0 Å². The summed E-state index contributed by atoms with van der Waals surface area (Å²) in [6.07, 6.45) is 1.02. The predicted octanol–water partition coefficient (Wildman–Crippen LogP) is 2.61. The lowest BCUT2D eigenvalue weighted by molar-refractivity contribution is 0.102. The minimum absolute atomic E-state index is 0.130. The molecule has 2 aromatic rings. The number of hydrogen-bond acceptors (Lipinski definition) is 3. The van der Waals surface area contributed by atoms with E-state index in [2.05, 4.69) is 15.6 Å². The van der Waals surface area contributed by atoms with Gasteiger partial charge >= 0.3 is 0 Å². The lowest BCUT2D eigenvalue weighted by atomic mass is 10.1. The fraction of sp³-hybridized carbons (Fsp3) is 0.200. The first-order valence-electron chi connectivity index (χ1n) is 6.34. The van der Waals surface area contributed by atoms with Gasteiger partial charge in [0, 0.05) is 23.5 Å². The summed E-state index contributed by atoms with van der Waals surface area (Å²) >= 11 is 0. The zero-order valence-corrected chi connectivity index (χ0v) is 10.7. The summed E-state index contributed by atoms with van der Waals surface area (Å²) in [6.45, 7) is 2.84. The molecule has 4 nitrogen and oxygen atoms in total. The molecule has 0 bridgehead atoms. The van der Waals surface area contributed by atoms with Crippen molar-refractivity contribution in [1.29, 1.82) is 0 Å². The first-order chi connectivity index (χ1) is 9.22. The number of pyridine rings is 1. The van der Waals surface area contributed by atoms with Crippen LogP contribution in [0.25, 0.3) is 0 Å². The Kier molecular flexibility index (Phi) is 2.91. The van der Waals surface area contributed by atoms with E-state index in [1.165, 1.54) is 5.56 Å². The summed E-state index contributed by atoms with van der Waals surface area (Å²) in [7, 11) is 0. The van der Waals surface area contributed by atoms with E-state index in [1.54, 1.807) is 6.07 Å². The zero-order chi connectivity index (χ0) is 13.2. The molecule has 0 aliphatic carbocycles. The molecule has 0 saturated carbocycles. The highest BCUT2D eigenvalue weighted by atomic mass is 16.1. The van der Waals surface area contributed by atoms with Crippen LogP contribution in [0.2, 0.25) is 0 Å². The van der Waals surface area contributed by atoms with E-state index in [9.17, 15) is 4.79 Å². The molecule has 3 rings (SSSR count). The number of aryl methyl sites for hydroxylation is 1. The van der Waals surface area contributed by atoms with Gasteiger partial charge in [-0.1, -0.05) is 12.1 Å². The van der Waals surface area contributed by atoms with E-state index in [1.807, 2.05) is 37.3 Å². The van der Waals surface area contributed by atoms with E-state index in [4.69, 9.17) is 0 Å². The summed E-state index contributed by atoms with van der Waals surface area (Å²) in [5, 5.41) is 6.09. The predicted molar refractivity (Wildman–Crippen MR) is 75.6 cm³/mol. The molecule has 2 heterocycles. The van der Waals surface area contributed by atoms with Gasteiger partial charge in [-0.2, -0.15) is 0 Å². The van der Waals surface area contributed by atoms with Crippen LogP contribution < -0.4 is 10.6 Å². The average molecular weight is 253 g/mol. The van der Waals surface area contributed by atoms with E-state index in [0.717, 1.165) is 24.3 Å². The number of carbonyl (C=O) groups is 1. The number of fused-ring (bicyclic) bond motifs is 1. The van der Waals surface area contributed by atoms with Crippen molar-refractivity contribution >= 4 is 17.4 Å². The van der Waals surface area contributed by atoms with E-state index in [-0.39, 0.29) is 5.91 Å². The van der Waals surface area contributed by atoms with Gasteiger partial charge in [0.2, 0.25) is 0 Å². The van der Waals surface area contributed by atoms with Crippen LogP contribution >= 0.6 is 0 Å². The molecule has 19 heavy (non-hydrogen) atoms. The van der Waals surface area contributed by atoms with Gasteiger partial charge < -0.3 is 10.6 Å².